The molecule has 1 aliphatic heterocycles. The van der Waals surface area contributed by atoms with Crippen LogP contribution in [0.4, 0.5) is 0 Å². The molecule has 1 aromatic heterocycles. The Labute approximate surface area is 70.8 Å². The first kappa shape index (κ1) is 7.58. The predicted molar refractivity (Wildman–Crippen MR) is 45.0 cm³/mol. The van der Waals surface area contributed by atoms with Gasteiger partial charge in [-0.1, -0.05) is 6.42 Å². The van der Waals surface area contributed by atoms with Crippen molar-refractivity contribution < 1.29 is 0 Å². The molecule has 0 unspecified atom stereocenters. The minimum atomic E-state index is 0.0342. The summed E-state index contributed by atoms with van der Waals surface area (Å²) in [6.45, 7) is 0.849. The van der Waals surface area contributed by atoms with E-state index in [1.807, 2.05) is 0 Å². The Morgan fingerprint density at radius 2 is 2.17 bits per heavy atom. The van der Waals surface area contributed by atoms with Crippen LogP contribution in [0.3, 0.4) is 0 Å². The van der Waals surface area contributed by atoms with Crippen molar-refractivity contribution in [2.75, 3.05) is 0 Å². The Balaban J connectivity index is 2.49. The quantitative estimate of drug-likeness (QED) is 0.558. The number of nitrogens with zero attached hydrogens (tertiary/aromatic N) is 3. The van der Waals surface area contributed by atoms with E-state index in [4.69, 9.17) is 0 Å². The maximum Gasteiger partial charge on any atom is 0.345 e. The fourth-order valence-electron chi connectivity index (χ4n) is 1.69. The van der Waals surface area contributed by atoms with Crippen LogP contribution in [0, 0.1) is 0 Å². The minimum Gasteiger partial charge on any atom is -0.279 e. The van der Waals surface area contributed by atoms with Crippen molar-refractivity contribution in [2.24, 2.45) is 7.05 Å². The zero-order valence-corrected chi connectivity index (χ0v) is 7.29. The molecule has 4 nitrogen and oxygen atoms in total. The highest BCUT2D eigenvalue weighted by Gasteiger charge is 2.12. The van der Waals surface area contributed by atoms with Crippen molar-refractivity contribution in [3.8, 4) is 0 Å². The van der Waals surface area contributed by atoms with Crippen molar-refractivity contribution in [3.63, 3.8) is 0 Å². The van der Waals surface area contributed by atoms with E-state index < -0.39 is 0 Å². The van der Waals surface area contributed by atoms with Gasteiger partial charge in [-0.05, 0) is 12.8 Å². The van der Waals surface area contributed by atoms with Gasteiger partial charge in [0.15, 0.2) is 0 Å². The van der Waals surface area contributed by atoms with Crippen LogP contribution >= 0.6 is 0 Å². The van der Waals surface area contributed by atoms with Gasteiger partial charge in [-0.2, -0.15) is 5.10 Å². The summed E-state index contributed by atoms with van der Waals surface area (Å²) in [4.78, 5) is 11.4. The summed E-state index contributed by atoms with van der Waals surface area (Å²) >= 11 is 0. The van der Waals surface area contributed by atoms with Crippen LogP contribution < -0.4 is 5.69 Å². The van der Waals surface area contributed by atoms with Gasteiger partial charge in [-0.3, -0.25) is 4.57 Å². The molecule has 0 N–H and O–H groups in total. The van der Waals surface area contributed by atoms with Crippen LogP contribution in [-0.4, -0.2) is 14.3 Å². The van der Waals surface area contributed by atoms with Crippen LogP contribution in [0.2, 0.25) is 0 Å². The summed E-state index contributed by atoms with van der Waals surface area (Å²) in [5.41, 5.74) is 0.0342. The second-order valence-electron chi connectivity index (χ2n) is 3.28. The Morgan fingerprint density at radius 1 is 1.33 bits per heavy atom. The Morgan fingerprint density at radius 3 is 3.00 bits per heavy atom. The van der Waals surface area contributed by atoms with Gasteiger partial charge in [0, 0.05) is 20.0 Å². The summed E-state index contributed by atoms with van der Waals surface area (Å²) in [6.07, 6.45) is 4.44. The predicted octanol–water partition coefficient (Wildman–Crippen LogP) is 0.308. The summed E-state index contributed by atoms with van der Waals surface area (Å²) in [7, 11) is 1.71. The summed E-state index contributed by atoms with van der Waals surface area (Å²) in [6, 6.07) is 0. The number of aromatic nitrogens is 3. The van der Waals surface area contributed by atoms with Crippen LogP contribution in [0.5, 0.6) is 0 Å². The molecule has 0 amide bonds. The lowest BCUT2D eigenvalue weighted by atomic mass is 10.2. The van der Waals surface area contributed by atoms with Gasteiger partial charge < -0.3 is 0 Å². The molecule has 12 heavy (non-hydrogen) atoms. The van der Waals surface area contributed by atoms with Crippen LogP contribution in [0.15, 0.2) is 4.79 Å². The first-order chi connectivity index (χ1) is 5.79. The average Bonchev–Trinajstić information content (AvgIpc) is 2.30. The van der Waals surface area contributed by atoms with Crippen LogP contribution in [0.1, 0.15) is 25.1 Å². The highest BCUT2D eigenvalue weighted by molar-refractivity contribution is 4.89. The van der Waals surface area contributed by atoms with Gasteiger partial charge in [0.2, 0.25) is 0 Å². The fourth-order valence-corrected chi connectivity index (χ4v) is 1.69. The smallest absolute Gasteiger partial charge is 0.279 e. The standard InChI is InChI=1S/C8H13N3O/c1-10-8(12)11-6-4-2-3-5-7(11)9-10/h2-6H2,1H3. The zero-order chi connectivity index (χ0) is 8.55. The third-order valence-electron chi connectivity index (χ3n) is 2.37. The fraction of sp³-hybridized carbons (Fsp3) is 0.750. The normalized spacial score (nSPS) is 17.1. The molecule has 66 valence electrons. The van der Waals surface area contributed by atoms with Crippen LogP contribution in [-0.2, 0) is 20.0 Å². The van der Waals surface area contributed by atoms with Gasteiger partial charge >= 0.3 is 5.69 Å². The number of hydrogen-bond acceptors (Lipinski definition) is 2. The monoisotopic (exact) mass is 167 g/mol. The number of aryl methyl sites for hydroxylation is 2. The maximum absolute atomic E-state index is 11.4. The third-order valence-corrected chi connectivity index (χ3v) is 2.37. The van der Waals surface area contributed by atoms with Gasteiger partial charge in [0.05, 0.1) is 0 Å². The van der Waals surface area contributed by atoms with Crippen molar-refractivity contribution in [1.82, 2.24) is 14.3 Å². The molecule has 4 heteroatoms. The number of rotatable bonds is 0. The van der Waals surface area contributed by atoms with Crippen LogP contribution in [0.25, 0.3) is 0 Å². The second kappa shape index (κ2) is 2.77. The lowest BCUT2D eigenvalue weighted by molar-refractivity contribution is 0.600. The first-order valence-electron chi connectivity index (χ1n) is 4.42. The Hall–Kier alpha value is -1.06. The van der Waals surface area contributed by atoms with E-state index in [-0.39, 0.29) is 5.69 Å². The highest BCUT2D eigenvalue weighted by atomic mass is 16.2. The van der Waals surface area contributed by atoms with Crippen molar-refractivity contribution in [3.05, 3.63) is 16.3 Å². The summed E-state index contributed by atoms with van der Waals surface area (Å²) < 4.78 is 3.23. The molecule has 1 aliphatic rings. The second-order valence-corrected chi connectivity index (χ2v) is 3.28. The van der Waals surface area contributed by atoms with E-state index in [0.29, 0.717) is 0 Å². The maximum atomic E-state index is 11.4. The SMILES string of the molecule is Cn1nc2n(c1=O)CCCCC2. The summed E-state index contributed by atoms with van der Waals surface area (Å²) in [5, 5.41) is 4.18. The number of fused-ring (bicyclic) bond motifs is 1. The molecule has 1 aromatic rings. The highest BCUT2D eigenvalue weighted by Crippen LogP contribution is 2.09. The molecule has 0 fully saturated rings. The van der Waals surface area contributed by atoms with Gasteiger partial charge in [-0.25, -0.2) is 9.48 Å². The minimum absolute atomic E-state index is 0.0342. The zero-order valence-electron chi connectivity index (χ0n) is 7.29. The molecule has 0 saturated heterocycles. The Kier molecular flexibility index (Phi) is 1.75. The molecular formula is C8H13N3O. The molecule has 0 spiro atoms. The molecular weight excluding hydrogens is 154 g/mol. The molecule has 2 rings (SSSR count). The van der Waals surface area contributed by atoms with E-state index in [1.54, 1.807) is 11.6 Å². The molecule has 0 aromatic carbocycles. The van der Waals surface area contributed by atoms with E-state index in [9.17, 15) is 4.79 Å². The van der Waals surface area contributed by atoms with Gasteiger partial charge in [0.25, 0.3) is 0 Å². The molecule has 0 aliphatic carbocycles. The van der Waals surface area contributed by atoms with Gasteiger partial charge in [-0.15, -0.1) is 0 Å². The largest absolute Gasteiger partial charge is 0.345 e. The molecule has 0 saturated carbocycles. The van der Waals surface area contributed by atoms with E-state index in [1.165, 1.54) is 11.1 Å². The third kappa shape index (κ3) is 1.07. The molecule has 2 heterocycles. The molecule has 0 radical (unpaired) electrons. The Bertz CT molecular complexity index is 337. The van der Waals surface area contributed by atoms with E-state index in [0.717, 1.165) is 31.6 Å². The van der Waals surface area contributed by atoms with Crippen molar-refractivity contribution in [1.29, 1.82) is 0 Å². The topological polar surface area (TPSA) is 39.8 Å². The first-order valence-corrected chi connectivity index (χ1v) is 4.42. The van der Waals surface area contributed by atoms with E-state index in [2.05, 4.69) is 5.10 Å². The number of hydrogen-bond donors (Lipinski definition) is 0. The van der Waals surface area contributed by atoms with Gasteiger partial charge in [0.1, 0.15) is 5.82 Å². The lowest BCUT2D eigenvalue weighted by Gasteiger charge is -1.96. The average molecular weight is 167 g/mol. The van der Waals surface area contributed by atoms with E-state index >= 15 is 0 Å². The lowest BCUT2D eigenvalue weighted by Crippen LogP contribution is -2.23. The molecule has 0 bridgehead atoms. The molecule has 0 atom stereocenters. The van der Waals surface area contributed by atoms with Crippen molar-refractivity contribution in [2.45, 2.75) is 32.2 Å². The van der Waals surface area contributed by atoms with Crippen molar-refractivity contribution >= 4 is 0 Å². The summed E-state index contributed by atoms with van der Waals surface area (Å²) in [5.74, 6) is 0.958.